The number of ether oxygens (including phenoxy) is 2. The fraction of sp³-hybridized carbons (Fsp3) is 0.938. The molecule has 126 valence electrons. The Kier molecular flexibility index (Phi) is 5.50. The van der Waals surface area contributed by atoms with Crippen LogP contribution in [-0.2, 0) is 9.47 Å². The van der Waals surface area contributed by atoms with Gasteiger partial charge in [0, 0.05) is 38.1 Å². The second kappa shape index (κ2) is 7.21. The number of rotatable bonds is 3. The van der Waals surface area contributed by atoms with Crippen LogP contribution in [0.25, 0.3) is 0 Å². The molecular formula is C16H28IN3O2. The first-order valence-corrected chi connectivity index (χ1v) is 8.65. The van der Waals surface area contributed by atoms with E-state index >= 15 is 0 Å². The van der Waals surface area contributed by atoms with E-state index in [9.17, 15) is 0 Å². The first-order valence-electron chi connectivity index (χ1n) is 8.65. The summed E-state index contributed by atoms with van der Waals surface area (Å²) in [6.07, 6.45) is 6.25. The van der Waals surface area contributed by atoms with E-state index in [-0.39, 0.29) is 24.0 Å². The van der Waals surface area contributed by atoms with Crippen molar-refractivity contribution < 1.29 is 9.47 Å². The van der Waals surface area contributed by atoms with Crippen LogP contribution in [0.1, 0.15) is 32.6 Å². The third-order valence-electron chi connectivity index (χ3n) is 5.56. The molecule has 22 heavy (non-hydrogen) atoms. The largest absolute Gasteiger partial charge is 0.376 e. The lowest BCUT2D eigenvalue weighted by molar-refractivity contribution is 0.0766. The number of fused-ring (bicyclic) bond motifs is 5. The predicted octanol–water partition coefficient (Wildman–Crippen LogP) is 1.86. The highest BCUT2D eigenvalue weighted by Crippen LogP contribution is 2.47. The molecule has 0 amide bonds. The molecule has 0 aliphatic carbocycles. The Morgan fingerprint density at radius 1 is 1.18 bits per heavy atom. The van der Waals surface area contributed by atoms with Gasteiger partial charge in [-0.15, -0.1) is 24.0 Å². The van der Waals surface area contributed by atoms with Crippen molar-refractivity contribution >= 4 is 29.9 Å². The maximum absolute atomic E-state index is 6.06. The summed E-state index contributed by atoms with van der Waals surface area (Å²) in [7, 11) is 0. The van der Waals surface area contributed by atoms with Crippen molar-refractivity contribution in [2.24, 2.45) is 16.8 Å². The molecule has 0 radical (unpaired) electrons. The second-order valence-electron chi connectivity index (χ2n) is 6.85. The number of aliphatic imine (C=N–C) groups is 1. The van der Waals surface area contributed by atoms with Gasteiger partial charge < -0.3 is 19.7 Å². The Morgan fingerprint density at radius 3 is 2.50 bits per heavy atom. The van der Waals surface area contributed by atoms with Crippen LogP contribution >= 0.6 is 24.0 Å². The number of nitrogens with one attached hydrogen (secondary N) is 1. The molecule has 2 bridgehead atoms. The Hall–Kier alpha value is -0.0800. The first-order chi connectivity index (χ1) is 10.3. The topological polar surface area (TPSA) is 46.1 Å². The number of nitrogens with zero attached hydrogens (tertiary/aromatic N) is 2. The first kappa shape index (κ1) is 16.8. The quantitative estimate of drug-likeness (QED) is 0.430. The van der Waals surface area contributed by atoms with Crippen molar-refractivity contribution in [2.45, 2.75) is 50.9 Å². The van der Waals surface area contributed by atoms with E-state index in [2.05, 4.69) is 17.1 Å². The summed E-state index contributed by atoms with van der Waals surface area (Å²) in [6, 6.07) is 0. The van der Waals surface area contributed by atoms with Crippen molar-refractivity contribution in [1.82, 2.24) is 10.2 Å². The Labute approximate surface area is 150 Å². The van der Waals surface area contributed by atoms with Crippen LogP contribution in [-0.4, -0.2) is 62.0 Å². The molecular weight excluding hydrogens is 393 g/mol. The molecule has 0 aromatic heterocycles. The van der Waals surface area contributed by atoms with Crippen LogP contribution in [0.4, 0.5) is 0 Å². The van der Waals surface area contributed by atoms with Gasteiger partial charge >= 0.3 is 0 Å². The number of hydrogen-bond donors (Lipinski definition) is 1. The SMILES string of the molecule is CCNC(=NCC1CCCO1)N1CC2C3CCC(O3)C2C1.I. The molecule has 4 rings (SSSR count). The van der Waals surface area contributed by atoms with Crippen molar-refractivity contribution in [3.8, 4) is 0 Å². The maximum Gasteiger partial charge on any atom is 0.194 e. The molecule has 5 atom stereocenters. The monoisotopic (exact) mass is 421 g/mol. The van der Waals surface area contributed by atoms with Crippen molar-refractivity contribution in [3.05, 3.63) is 0 Å². The highest BCUT2D eigenvalue weighted by molar-refractivity contribution is 14.0. The van der Waals surface area contributed by atoms with E-state index in [4.69, 9.17) is 14.5 Å². The van der Waals surface area contributed by atoms with Crippen molar-refractivity contribution in [1.29, 1.82) is 0 Å². The minimum atomic E-state index is 0. The smallest absolute Gasteiger partial charge is 0.194 e. The van der Waals surface area contributed by atoms with Crippen LogP contribution in [0, 0.1) is 11.8 Å². The summed E-state index contributed by atoms with van der Waals surface area (Å²) < 4.78 is 11.8. The van der Waals surface area contributed by atoms with Crippen LogP contribution < -0.4 is 5.32 Å². The van der Waals surface area contributed by atoms with Gasteiger partial charge in [-0.1, -0.05) is 0 Å². The molecule has 0 aromatic carbocycles. The van der Waals surface area contributed by atoms with Crippen LogP contribution in [0.15, 0.2) is 4.99 Å². The zero-order valence-electron chi connectivity index (χ0n) is 13.4. The van der Waals surface area contributed by atoms with Gasteiger partial charge in [-0.25, -0.2) is 0 Å². The lowest BCUT2D eigenvalue weighted by Gasteiger charge is -2.23. The summed E-state index contributed by atoms with van der Waals surface area (Å²) in [5, 5.41) is 3.47. The highest BCUT2D eigenvalue weighted by Gasteiger charge is 2.53. The lowest BCUT2D eigenvalue weighted by Crippen LogP contribution is -2.41. The predicted molar refractivity (Wildman–Crippen MR) is 96.8 cm³/mol. The molecule has 0 aromatic rings. The number of likely N-dealkylation sites (tertiary alicyclic amines) is 1. The standard InChI is InChI=1S/C16H27N3O2.HI/c1-2-17-16(18-8-11-4-3-7-20-11)19-9-12-13(10-19)15-6-5-14(12)21-15;/h11-15H,2-10H2,1H3,(H,17,18);1H. The zero-order chi connectivity index (χ0) is 14.2. The Balaban J connectivity index is 0.00000144. The third-order valence-corrected chi connectivity index (χ3v) is 5.56. The van der Waals surface area contributed by atoms with E-state index in [1.165, 1.54) is 19.3 Å². The Morgan fingerprint density at radius 2 is 1.91 bits per heavy atom. The normalized spacial score (nSPS) is 40.0. The summed E-state index contributed by atoms with van der Waals surface area (Å²) >= 11 is 0. The van der Waals surface area contributed by atoms with Crippen LogP contribution in [0.3, 0.4) is 0 Å². The van der Waals surface area contributed by atoms with E-state index in [1.54, 1.807) is 0 Å². The molecule has 0 saturated carbocycles. The van der Waals surface area contributed by atoms with E-state index in [0.717, 1.165) is 57.0 Å². The Bertz CT molecular complexity index is 396. The molecule has 5 nitrogen and oxygen atoms in total. The minimum Gasteiger partial charge on any atom is -0.376 e. The second-order valence-corrected chi connectivity index (χ2v) is 6.85. The van der Waals surface area contributed by atoms with Crippen LogP contribution in [0.5, 0.6) is 0 Å². The molecule has 0 spiro atoms. The molecule has 6 heteroatoms. The molecule has 1 N–H and O–H groups in total. The van der Waals surface area contributed by atoms with Gasteiger partial charge in [-0.05, 0) is 32.6 Å². The van der Waals surface area contributed by atoms with Crippen LogP contribution in [0.2, 0.25) is 0 Å². The van der Waals surface area contributed by atoms with Gasteiger partial charge in [0.2, 0.25) is 0 Å². The van der Waals surface area contributed by atoms with E-state index < -0.39 is 0 Å². The van der Waals surface area contributed by atoms with Gasteiger partial charge in [-0.3, -0.25) is 4.99 Å². The summed E-state index contributed by atoms with van der Waals surface area (Å²) in [5.74, 6) is 2.55. The molecule has 4 aliphatic heterocycles. The average Bonchev–Trinajstić information content (AvgIpc) is 3.25. The van der Waals surface area contributed by atoms with E-state index in [1.807, 2.05) is 0 Å². The molecule has 4 heterocycles. The van der Waals surface area contributed by atoms with Gasteiger partial charge in [0.05, 0.1) is 24.9 Å². The molecule has 4 saturated heterocycles. The van der Waals surface area contributed by atoms with Crippen molar-refractivity contribution in [2.75, 3.05) is 32.8 Å². The fourth-order valence-corrected chi connectivity index (χ4v) is 4.54. The number of halogens is 1. The van der Waals surface area contributed by atoms with Gasteiger partial charge in [0.1, 0.15) is 0 Å². The average molecular weight is 421 g/mol. The minimum absolute atomic E-state index is 0. The summed E-state index contributed by atoms with van der Waals surface area (Å²) in [5.41, 5.74) is 0. The summed E-state index contributed by atoms with van der Waals surface area (Å²) in [4.78, 5) is 7.30. The third kappa shape index (κ3) is 3.11. The lowest BCUT2D eigenvalue weighted by atomic mass is 9.82. The zero-order valence-corrected chi connectivity index (χ0v) is 15.7. The summed E-state index contributed by atoms with van der Waals surface area (Å²) in [6.45, 7) is 7.01. The van der Waals surface area contributed by atoms with Gasteiger partial charge in [0.15, 0.2) is 5.96 Å². The number of hydrogen-bond acceptors (Lipinski definition) is 3. The highest BCUT2D eigenvalue weighted by atomic mass is 127. The molecule has 4 fully saturated rings. The van der Waals surface area contributed by atoms with E-state index in [0.29, 0.717) is 18.3 Å². The maximum atomic E-state index is 6.06. The molecule has 4 aliphatic rings. The number of guanidine groups is 1. The van der Waals surface area contributed by atoms with Gasteiger partial charge in [-0.2, -0.15) is 0 Å². The molecule has 5 unspecified atom stereocenters. The van der Waals surface area contributed by atoms with Crippen molar-refractivity contribution in [3.63, 3.8) is 0 Å². The fourth-order valence-electron chi connectivity index (χ4n) is 4.54. The van der Waals surface area contributed by atoms with Gasteiger partial charge in [0.25, 0.3) is 0 Å².